The van der Waals surface area contributed by atoms with Crippen molar-refractivity contribution in [1.82, 2.24) is 0 Å². The molecule has 0 fully saturated rings. The summed E-state index contributed by atoms with van der Waals surface area (Å²) < 4.78 is 10.7. The van der Waals surface area contributed by atoms with Gasteiger partial charge >= 0.3 is 5.97 Å². The van der Waals surface area contributed by atoms with Crippen LogP contribution in [0, 0.1) is 20.8 Å². The molecule has 0 bridgehead atoms. The Morgan fingerprint density at radius 1 is 1.00 bits per heavy atom. The van der Waals surface area contributed by atoms with Crippen molar-refractivity contribution in [1.29, 1.82) is 0 Å². The normalized spacial score (nSPS) is 10.3. The number of carbonyl (C=O) groups excluding carboxylic acids is 1. The van der Waals surface area contributed by atoms with Crippen LogP contribution in [0.2, 0.25) is 0 Å². The maximum Gasteiger partial charge on any atom is 0.341 e. The molecule has 2 N–H and O–H groups in total. The van der Waals surface area contributed by atoms with Gasteiger partial charge in [-0.25, -0.2) is 4.79 Å². The lowest BCUT2D eigenvalue weighted by molar-refractivity contribution is -0.139. The molecule has 0 atom stereocenters. The number of aliphatic carboxylic acids is 1. The van der Waals surface area contributed by atoms with Gasteiger partial charge in [-0.15, -0.1) is 0 Å². The van der Waals surface area contributed by atoms with Gasteiger partial charge in [-0.1, -0.05) is 17.7 Å². The number of aryl methyl sites for hydroxylation is 3. The molecule has 1 amide bonds. The zero-order valence-corrected chi connectivity index (χ0v) is 15.4. The molecule has 0 saturated heterocycles. The van der Waals surface area contributed by atoms with E-state index in [1.807, 2.05) is 32.9 Å². The number of ether oxygens (including phenoxy) is 2. The van der Waals surface area contributed by atoms with Gasteiger partial charge in [0, 0.05) is 11.3 Å². The van der Waals surface area contributed by atoms with E-state index in [-0.39, 0.29) is 11.7 Å². The number of rotatable bonds is 7. The first-order valence-corrected chi connectivity index (χ1v) is 8.32. The second-order valence-electron chi connectivity index (χ2n) is 6.00. The number of hydrogen-bond acceptors (Lipinski definition) is 4. The van der Waals surface area contributed by atoms with E-state index >= 15 is 0 Å². The van der Waals surface area contributed by atoms with E-state index in [1.165, 1.54) is 6.07 Å². The Kier molecular flexibility index (Phi) is 6.22. The zero-order valence-electron chi connectivity index (χ0n) is 15.4. The number of nitrogens with one attached hydrogen (secondary N) is 1. The predicted molar refractivity (Wildman–Crippen MR) is 99.3 cm³/mol. The van der Waals surface area contributed by atoms with Crippen LogP contribution in [-0.4, -0.2) is 30.2 Å². The van der Waals surface area contributed by atoms with Crippen molar-refractivity contribution in [2.24, 2.45) is 0 Å². The smallest absolute Gasteiger partial charge is 0.341 e. The van der Waals surface area contributed by atoms with Crippen LogP contribution < -0.4 is 14.8 Å². The van der Waals surface area contributed by atoms with E-state index in [0.717, 1.165) is 22.4 Å². The number of benzene rings is 2. The van der Waals surface area contributed by atoms with Crippen molar-refractivity contribution in [3.8, 4) is 11.5 Å². The molecule has 2 aromatic carbocycles. The lowest BCUT2D eigenvalue weighted by Crippen LogP contribution is -2.15. The minimum absolute atomic E-state index is 0.272. The Labute approximate surface area is 152 Å². The minimum Gasteiger partial charge on any atom is -0.490 e. The molecule has 6 nitrogen and oxygen atoms in total. The van der Waals surface area contributed by atoms with Gasteiger partial charge in [0.05, 0.1) is 6.61 Å². The standard InChI is InChI=1S/C20H23NO5/c1-5-25-17-10-15(6-7-16(17)26-11-18(22)23)20(24)21-19-13(3)8-12(2)9-14(19)4/h6-10H,5,11H2,1-4H3,(H,21,24)(H,22,23). The van der Waals surface area contributed by atoms with Crippen LogP contribution in [0.5, 0.6) is 11.5 Å². The van der Waals surface area contributed by atoms with Gasteiger partial charge in [-0.2, -0.15) is 0 Å². The quantitative estimate of drug-likeness (QED) is 0.789. The zero-order chi connectivity index (χ0) is 19.3. The van der Waals surface area contributed by atoms with Gasteiger partial charge < -0.3 is 19.9 Å². The van der Waals surface area contributed by atoms with Gasteiger partial charge in [-0.05, 0) is 57.0 Å². The highest BCUT2D eigenvalue weighted by Gasteiger charge is 2.14. The summed E-state index contributed by atoms with van der Waals surface area (Å²) in [6.45, 7) is 7.59. The third-order valence-electron chi connectivity index (χ3n) is 3.77. The Morgan fingerprint density at radius 3 is 2.23 bits per heavy atom. The molecule has 0 spiro atoms. The number of amides is 1. The van der Waals surface area contributed by atoms with E-state index < -0.39 is 12.6 Å². The number of carboxylic acids is 1. The van der Waals surface area contributed by atoms with Crippen molar-refractivity contribution < 1.29 is 24.2 Å². The summed E-state index contributed by atoms with van der Waals surface area (Å²) in [5.41, 5.74) is 4.29. The van der Waals surface area contributed by atoms with Crippen LogP contribution in [0.1, 0.15) is 34.0 Å². The summed E-state index contributed by atoms with van der Waals surface area (Å²) in [7, 11) is 0. The number of carbonyl (C=O) groups is 2. The highest BCUT2D eigenvalue weighted by Crippen LogP contribution is 2.29. The summed E-state index contributed by atoms with van der Waals surface area (Å²) in [5.74, 6) is -0.738. The van der Waals surface area contributed by atoms with Crippen molar-refractivity contribution in [2.45, 2.75) is 27.7 Å². The molecule has 0 radical (unpaired) electrons. The van der Waals surface area contributed by atoms with Crippen LogP contribution in [0.4, 0.5) is 5.69 Å². The molecular formula is C20H23NO5. The third-order valence-corrected chi connectivity index (χ3v) is 3.77. The number of anilines is 1. The summed E-state index contributed by atoms with van der Waals surface area (Å²) >= 11 is 0. The van der Waals surface area contributed by atoms with Crippen molar-refractivity contribution in [3.05, 3.63) is 52.6 Å². The lowest BCUT2D eigenvalue weighted by atomic mass is 10.0. The summed E-state index contributed by atoms with van der Waals surface area (Å²) in [6.07, 6.45) is 0. The Bertz CT molecular complexity index is 806. The van der Waals surface area contributed by atoms with Crippen molar-refractivity contribution in [2.75, 3.05) is 18.5 Å². The van der Waals surface area contributed by atoms with Gasteiger partial charge in [-0.3, -0.25) is 4.79 Å². The van der Waals surface area contributed by atoms with Crippen LogP contribution >= 0.6 is 0 Å². The highest BCUT2D eigenvalue weighted by molar-refractivity contribution is 6.05. The van der Waals surface area contributed by atoms with E-state index in [0.29, 0.717) is 17.9 Å². The second-order valence-corrected chi connectivity index (χ2v) is 6.00. The molecule has 0 aliphatic carbocycles. The summed E-state index contributed by atoms with van der Waals surface area (Å²) in [6, 6.07) is 8.69. The number of carboxylic acid groups (broad SMARTS) is 1. The first-order chi connectivity index (χ1) is 12.3. The Morgan fingerprint density at radius 2 is 1.65 bits per heavy atom. The Balaban J connectivity index is 2.26. The largest absolute Gasteiger partial charge is 0.490 e. The fourth-order valence-electron chi connectivity index (χ4n) is 2.74. The monoisotopic (exact) mass is 357 g/mol. The molecule has 0 heterocycles. The SMILES string of the molecule is CCOc1cc(C(=O)Nc2c(C)cc(C)cc2C)ccc1OCC(=O)O. The number of hydrogen-bond donors (Lipinski definition) is 2. The predicted octanol–water partition coefficient (Wildman–Crippen LogP) is 3.73. The molecule has 26 heavy (non-hydrogen) atoms. The van der Waals surface area contributed by atoms with Crippen molar-refractivity contribution >= 4 is 17.6 Å². The van der Waals surface area contributed by atoms with Crippen LogP contribution in [0.25, 0.3) is 0 Å². The molecule has 2 aromatic rings. The molecule has 0 aliphatic heterocycles. The topological polar surface area (TPSA) is 84.9 Å². The van der Waals surface area contributed by atoms with E-state index in [1.54, 1.807) is 19.1 Å². The first kappa shape index (κ1) is 19.3. The first-order valence-electron chi connectivity index (χ1n) is 8.32. The average molecular weight is 357 g/mol. The van der Waals surface area contributed by atoms with Gasteiger partial charge in [0.2, 0.25) is 0 Å². The average Bonchev–Trinajstić information content (AvgIpc) is 2.56. The molecule has 138 valence electrons. The second kappa shape index (κ2) is 8.38. The van der Waals surface area contributed by atoms with E-state index in [9.17, 15) is 9.59 Å². The molecule has 0 saturated carbocycles. The molecular weight excluding hydrogens is 334 g/mol. The van der Waals surface area contributed by atoms with Gasteiger partial charge in [0.1, 0.15) is 0 Å². The Hall–Kier alpha value is -3.02. The highest BCUT2D eigenvalue weighted by atomic mass is 16.5. The molecule has 0 aromatic heterocycles. The van der Waals surface area contributed by atoms with E-state index in [2.05, 4.69) is 5.32 Å². The maximum absolute atomic E-state index is 12.6. The van der Waals surface area contributed by atoms with Crippen LogP contribution in [0.3, 0.4) is 0 Å². The molecule has 2 rings (SSSR count). The maximum atomic E-state index is 12.6. The van der Waals surface area contributed by atoms with Crippen LogP contribution in [-0.2, 0) is 4.79 Å². The third kappa shape index (κ3) is 4.75. The van der Waals surface area contributed by atoms with E-state index in [4.69, 9.17) is 14.6 Å². The molecule has 6 heteroatoms. The molecule has 0 unspecified atom stereocenters. The fourth-order valence-corrected chi connectivity index (χ4v) is 2.74. The fraction of sp³-hybridized carbons (Fsp3) is 0.300. The van der Waals surface area contributed by atoms with Crippen molar-refractivity contribution in [3.63, 3.8) is 0 Å². The van der Waals surface area contributed by atoms with Gasteiger partial charge in [0.15, 0.2) is 18.1 Å². The minimum atomic E-state index is -1.08. The summed E-state index contributed by atoms with van der Waals surface area (Å²) in [5, 5.41) is 11.7. The van der Waals surface area contributed by atoms with Crippen LogP contribution in [0.15, 0.2) is 30.3 Å². The van der Waals surface area contributed by atoms with Gasteiger partial charge in [0.25, 0.3) is 5.91 Å². The molecule has 0 aliphatic rings. The summed E-state index contributed by atoms with van der Waals surface area (Å²) in [4.78, 5) is 23.3. The lowest BCUT2D eigenvalue weighted by Gasteiger charge is -2.15.